The van der Waals surface area contributed by atoms with Crippen molar-refractivity contribution in [1.82, 2.24) is 4.57 Å². The summed E-state index contributed by atoms with van der Waals surface area (Å²) in [6.07, 6.45) is 4.40. The van der Waals surface area contributed by atoms with Crippen LogP contribution in [0.5, 0.6) is 5.75 Å². The second-order valence-corrected chi connectivity index (χ2v) is 8.91. The van der Waals surface area contributed by atoms with Crippen LogP contribution in [0.3, 0.4) is 0 Å². The van der Waals surface area contributed by atoms with Crippen LogP contribution in [0.1, 0.15) is 37.3 Å². The minimum Gasteiger partial charge on any atom is -0.492 e. The number of ether oxygens (including phenoxy) is 1. The summed E-state index contributed by atoms with van der Waals surface area (Å²) in [5, 5.41) is 0.243. The van der Waals surface area contributed by atoms with E-state index in [9.17, 15) is 9.18 Å². The highest BCUT2D eigenvalue weighted by atomic mass is 19.1. The fraction of sp³-hybridized carbons (Fsp3) is 0.591. The van der Waals surface area contributed by atoms with Crippen LogP contribution in [0.25, 0.3) is 10.9 Å². The van der Waals surface area contributed by atoms with E-state index in [0.29, 0.717) is 53.9 Å². The molecule has 2 N–H and O–H groups in total. The molecule has 2 aromatic rings. The van der Waals surface area contributed by atoms with Gasteiger partial charge in [0, 0.05) is 37.3 Å². The lowest BCUT2D eigenvalue weighted by atomic mass is 9.96. The van der Waals surface area contributed by atoms with E-state index in [-0.39, 0.29) is 22.9 Å². The van der Waals surface area contributed by atoms with Crippen LogP contribution in [0.15, 0.2) is 17.1 Å². The van der Waals surface area contributed by atoms with Crippen LogP contribution < -0.4 is 20.8 Å². The van der Waals surface area contributed by atoms with Crippen molar-refractivity contribution in [3.63, 3.8) is 0 Å². The molecule has 7 heteroatoms. The number of hydrogen-bond donors (Lipinski definition) is 1. The maximum Gasteiger partial charge on any atom is 0.192 e. The first-order valence-electron chi connectivity index (χ1n) is 10.5. The third-order valence-corrected chi connectivity index (χ3v) is 6.87. The van der Waals surface area contributed by atoms with E-state index in [2.05, 4.69) is 0 Å². The van der Waals surface area contributed by atoms with Gasteiger partial charge in [-0.25, -0.2) is 8.78 Å². The second-order valence-electron chi connectivity index (χ2n) is 8.91. The number of aryl methyl sites for hydroxylation is 1. The highest BCUT2D eigenvalue weighted by molar-refractivity contribution is 5.92. The number of fused-ring (bicyclic) bond motifs is 1. The first-order chi connectivity index (χ1) is 13.9. The van der Waals surface area contributed by atoms with Crippen LogP contribution >= 0.6 is 0 Å². The molecule has 0 unspecified atom stereocenters. The summed E-state index contributed by atoms with van der Waals surface area (Å²) in [6, 6.07) is 1.11. The third kappa shape index (κ3) is 3.01. The molecule has 0 amide bonds. The fourth-order valence-electron chi connectivity index (χ4n) is 4.94. The number of pyridine rings is 1. The Morgan fingerprint density at radius 1 is 1.28 bits per heavy atom. The normalized spacial score (nSPS) is 27.5. The van der Waals surface area contributed by atoms with Gasteiger partial charge in [0.1, 0.15) is 11.9 Å². The van der Waals surface area contributed by atoms with Crippen molar-refractivity contribution < 1.29 is 13.5 Å². The zero-order valence-corrected chi connectivity index (χ0v) is 16.8. The Bertz CT molecular complexity index is 1030. The van der Waals surface area contributed by atoms with Crippen LogP contribution in [-0.2, 0) is 0 Å². The van der Waals surface area contributed by atoms with Crippen LogP contribution in [0, 0.1) is 24.6 Å². The van der Waals surface area contributed by atoms with Gasteiger partial charge in [-0.15, -0.1) is 0 Å². The van der Waals surface area contributed by atoms with E-state index in [1.165, 1.54) is 26.0 Å². The quantitative estimate of drug-likeness (QED) is 0.832. The Morgan fingerprint density at radius 3 is 2.62 bits per heavy atom. The number of benzene rings is 1. The fourth-order valence-corrected chi connectivity index (χ4v) is 4.94. The molecule has 156 valence electrons. The molecule has 5 rings (SSSR count). The number of anilines is 1. The average molecular weight is 403 g/mol. The van der Waals surface area contributed by atoms with E-state index in [4.69, 9.17) is 10.5 Å². The molecular weight excluding hydrogens is 376 g/mol. The van der Waals surface area contributed by atoms with Crippen molar-refractivity contribution in [1.29, 1.82) is 0 Å². The van der Waals surface area contributed by atoms with Crippen molar-refractivity contribution in [2.24, 2.45) is 17.6 Å². The summed E-state index contributed by atoms with van der Waals surface area (Å²) in [4.78, 5) is 14.7. The molecule has 2 saturated carbocycles. The molecule has 3 aliphatic rings. The topological polar surface area (TPSA) is 60.5 Å². The van der Waals surface area contributed by atoms with Gasteiger partial charge in [0.05, 0.1) is 24.1 Å². The van der Waals surface area contributed by atoms with Crippen LogP contribution in [0.2, 0.25) is 0 Å². The molecule has 4 atom stereocenters. The Morgan fingerprint density at radius 2 is 2.00 bits per heavy atom. The van der Waals surface area contributed by atoms with Crippen LogP contribution in [-0.4, -0.2) is 37.0 Å². The minimum absolute atomic E-state index is 0.147. The maximum absolute atomic E-state index is 15.3. The molecule has 2 heterocycles. The number of rotatable bonds is 5. The Balaban J connectivity index is 1.63. The predicted octanol–water partition coefficient (Wildman–Crippen LogP) is 3.30. The summed E-state index contributed by atoms with van der Waals surface area (Å²) >= 11 is 0. The molecule has 1 aromatic carbocycles. The van der Waals surface area contributed by atoms with Crippen molar-refractivity contribution in [2.45, 2.75) is 50.9 Å². The number of aromatic nitrogens is 1. The van der Waals surface area contributed by atoms with E-state index in [0.717, 1.165) is 6.42 Å². The number of alkyl halides is 1. The number of methoxy groups -OCH3 is 1. The van der Waals surface area contributed by atoms with E-state index >= 15 is 4.39 Å². The standard InChI is InChI=1S/C22H27F2N3O2/c1-11-9-27(17-8-15(17)23)19-14(21(11)28)7-16(24)20(22(19)29-2)26-6-5-13(10-26)18(25)12-3-4-12/h7,9,12-13,15,17-18H,3-6,8,10,25H2,1-2H3/t13-,15+,17-,18+/m1/s1. The lowest BCUT2D eigenvalue weighted by Crippen LogP contribution is -2.34. The van der Waals surface area contributed by atoms with Crippen molar-refractivity contribution in [3.05, 3.63) is 33.9 Å². The number of nitrogens with zero attached hydrogens (tertiary/aromatic N) is 2. The summed E-state index contributed by atoms with van der Waals surface area (Å²) in [5.74, 6) is 0.752. The van der Waals surface area contributed by atoms with Gasteiger partial charge >= 0.3 is 0 Å². The molecule has 5 nitrogen and oxygen atoms in total. The van der Waals surface area contributed by atoms with Crippen molar-refractivity contribution in [3.8, 4) is 5.75 Å². The Hall–Kier alpha value is -2.15. The van der Waals surface area contributed by atoms with Crippen molar-refractivity contribution in [2.75, 3.05) is 25.1 Å². The highest BCUT2D eigenvalue weighted by Gasteiger charge is 2.42. The monoisotopic (exact) mass is 403 g/mol. The smallest absolute Gasteiger partial charge is 0.192 e. The molecule has 2 aliphatic carbocycles. The zero-order chi connectivity index (χ0) is 20.4. The predicted molar refractivity (Wildman–Crippen MR) is 109 cm³/mol. The Labute approximate surface area is 168 Å². The molecule has 29 heavy (non-hydrogen) atoms. The largest absolute Gasteiger partial charge is 0.492 e. The minimum atomic E-state index is -0.953. The molecular formula is C22H27F2N3O2. The van der Waals surface area contributed by atoms with Gasteiger partial charge in [0.15, 0.2) is 17.0 Å². The summed E-state index contributed by atoms with van der Waals surface area (Å²) < 4.78 is 36.6. The van der Waals surface area contributed by atoms with E-state index < -0.39 is 12.0 Å². The first-order valence-corrected chi connectivity index (χ1v) is 10.5. The average Bonchev–Trinajstić information content (AvgIpc) is 3.62. The molecule has 0 radical (unpaired) electrons. The molecule has 0 bridgehead atoms. The second kappa shape index (κ2) is 6.69. The zero-order valence-electron chi connectivity index (χ0n) is 16.8. The van der Waals surface area contributed by atoms with E-state index in [1.54, 1.807) is 17.7 Å². The molecule has 1 saturated heterocycles. The van der Waals surface area contributed by atoms with Gasteiger partial charge in [0.2, 0.25) is 0 Å². The van der Waals surface area contributed by atoms with Crippen molar-refractivity contribution >= 4 is 16.6 Å². The Kier molecular flexibility index (Phi) is 4.35. The number of hydrogen-bond acceptors (Lipinski definition) is 4. The molecule has 0 spiro atoms. The van der Waals surface area contributed by atoms with Crippen LogP contribution in [0.4, 0.5) is 14.5 Å². The van der Waals surface area contributed by atoms with Gasteiger partial charge in [-0.1, -0.05) is 0 Å². The lowest BCUT2D eigenvalue weighted by molar-refractivity contribution is 0.407. The highest BCUT2D eigenvalue weighted by Crippen LogP contribution is 2.46. The summed E-state index contributed by atoms with van der Waals surface area (Å²) in [6.45, 7) is 3.04. The van der Waals surface area contributed by atoms with Gasteiger partial charge in [-0.3, -0.25) is 4.79 Å². The van der Waals surface area contributed by atoms with Gasteiger partial charge < -0.3 is 19.9 Å². The summed E-state index contributed by atoms with van der Waals surface area (Å²) in [5.41, 5.74) is 7.48. The van der Waals surface area contributed by atoms with Gasteiger partial charge in [-0.05, 0) is 44.1 Å². The molecule has 3 fully saturated rings. The molecule has 1 aliphatic heterocycles. The maximum atomic E-state index is 15.3. The first kappa shape index (κ1) is 18.9. The van der Waals surface area contributed by atoms with E-state index in [1.807, 2.05) is 4.90 Å². The number of nitrogens with two attached hydrogens (primary N) is 1. The van der Waals surface area contributed by atoms with Gasteiger partial charge in [-0.2, -0.15) is 0 Å². The van der Waals surface area contributed by atoms with Gasteiger partial charge in [0.25, 0.3) is 0 Å². The summed E-state index contributed by atoms with van der Waals surface area (Å²) in [7, 11) is 1.48. The number of halogens is 2. The lowest BCUT2D eigenvalue weighted by Gasteiger charge is -2.25. The molecule has 1 aromatic heterocycles. The SMILES string of the molecule is COc1c(N2CC[C@@H]([C@@H](N)C3CC3)C2)c(F)cc2c(=O)c(C)cn([C@@H]3C[C@@H]3F)c12. The third-order valence-electron chi connectivity index (χ3n) is 6.87.